The fraction of sp³-hybridized carbons (Fsp3) is 0.516. The first-order valence-electron chi connectivity index (χ1n) is 14.1. The molecule has 3 fully saturated rings. The Labute approximate surface area is 240 Å². The number of thioether (sulfide) groups is 1. The number of nitrogens with one attached hydrogen (secondary N) is 2. The fourth-order valence-electron chi connectivity index (χ4n) is 7.06. The number of anilines is 1. The lowest BCUT2D eigenvalue weighted by atomic mass is 9.66. The maximum Gasteiger partial charge on any atom is 0.248 e. The Hall–Kier alpha value is -3.04. The monoisotopic (exact) mass is 565 g/mol. The molecule has 3 saturated heterocycles. The zero-order valence-electron chi connectivity index (χ0n) is 23.5. The summed E-state index contributed by atoms with van der Waals surface area (Å²) in [7, 11) is 1.58. The van der Waals surface area contributed by atoms with Gasteiger partial charge in [0.15, 0.2) is 0 Å². The molecule has 0 radical (unpaired) electrons. The molecular formula is C31H39N3O5S. The van der Waals surface area contributed by atoms with Gasteiger partial charge in [-0.05, 0) is 54.5 Å². The molecule has 0 aliphatic carbocycles. The Kier molecular flexibility index (Phi) is 8.15. The molecule has 40 heavy (non-hydrogen) atoms. The van der Waals surface area contributed by atoms with E-state index in [-0.39, 0.29) is 41.4 Å². The van der Waals surface area contributed by atoms with Gasteiger partial charge in [0, 0.05) is 17.5 Å². The molecule has 0 saturated carbocycles. The molecule has 1 spiro atoms. The maximum atomic E-state index is 14.4. The first-order valence-corrected chi connectivity index (χ1v) is 15.0. The Morgan fingerprint density at radius 1 is 1.12 bits per heavy atom. The van der Waals surface area contributed by atoms with Gasteiger partial charge in [0.25, 0.3) is 0 Å². The lowest BCUT2D eigenvalue weighted by Crippen LogP contribution is -2.57. The van der Waals surface area contributed by atoms with Crippen LogP contribution < -0.4 is 15.4 Å². The number of carbonyl (C=O) groups excluding carboxylic acids is 3. The van der Waals surface area contributed by atoms with E-state index in [2.05, 4.69) is 17.6 Å². The van der Waals surface area contributed by atoms with E-state index in [9.17, 15) is 19.5 Å². The normalized spacial score (nSPS) is 29.4. The summed E-state index contributed by atoms with van der Waals surface area (Å²) in [4.78, 5) is 43.8. The van der Waals surface area contributed by atoms with Crippen molar-refractivity contribution >= 4 is 35.2 Å². The van der Waals surface area contributed by atoms with Crippen LogP contribution >= 0.6 is 11.8 Å². The van der Waals surface area contributed by atoms with Gasteiger partial charge in [-0.1, -0.05) is 51.1 Å². The van der Waals surface area contributed by atoms with Gasteiger partial charge < -0.3 is 25.4 Å². The van der Waals surface area contributed by atoms with Gasteiger partial charge in [0.1, 0.15) is 11.8 Å². The molecule has 3 N–H and O–H groups in total. The van der Waals surface area contributed by atoms with Crippen LogP contribution in [0.5, 0.6) is 5.75 Å². The molecule has 3 aliphatic rings. The summed E-state index contributed by atoms with van der Waals surface area (Å²) in [5.41, 5.74) is 1.59. The molecule has 2 aromatic rings. The zero-order chi connectivity index (χ0) is 28.6. The second-order valence-corrected chi connectivity index (χ2v) is 13.2. The van der Waals surface area contributed by atoms with Crippen molar-refractivity contribution in [3.63, 3.8) is 0 Å². The van der Waals surface area contributed by atoms with Crippen molar-refractivity contribution in [2.75, 3.05) is 19.0 Å². The number of nitrogens with zero attached hydrogens (tertiary/aromatic N) is 1. The summed E-state index contributed by atoms with van der Waals surface area (Å²) in [6.45, 7) is 6.31. The van der Waals surface area contributed by atoms with E-state index in [1.54, 1.807) is 48.0 Å². The molecule has 3 aliphatic heterocycles. The SMILES string of the molecule is COc1ccc(NC(=O)C2N([C@@H](CO)CC(C)C)C(=O)[C@@H]3[C@H](C(=O)NCc4ccccc4)[C@@H]4CC(C)C23S4)cc1. The number of methoxy groups -OCH3 is 1. The van der Waals surface area contributed by atoms with Gasteiger partial charge >= 0.3 is 0 Å². The van der Waals surface area contributed by atoms with Crippen molar-refractivity contribution in [3.05, 3.63) is 60.2 Å². The van der Waals surface area contributed by atoms with E-state index >= 15 is 0 Å². The molecule has 5 rings (SSSR count). The molecule has 3 unspecified atom stereocenters. The topological polar surface area (TPSA) is 108 Å². The second-order valence-electron chi connectivity index (χ2n) is 11.7. The van der Waals surface area contributed by atoms with Crippen LogP contribution in [0.2, 0.25) is 0 Å². The molecule has 0 aromatic heterocycles. The third-order valence-electron chi connectivity index (χ3n) is 8.75. The Morgan fingerprint density at radius 2 is 1.82 bits per heavy atom. The maximum absolute atomic E-state index is 14.4. The van der Waals surface area contributed by atoms with Crippen molar-refractivity contribution < 1.29 is 24.2 Å². The van der Waals surface area contributed by atoms with Crippen LogP contribution in [0, 0.1) is 23.7 Å². The summed E-state index contributed by atoms with van der Waals surface area (Å²) in [6, 6.07) is 15.5. The summed E-state index contributed by atoms with van der Waals surface area (Å²) in [5.74, 6) is -0.857. The minimum Gasteiger partial charge on any atom is -0.497 e. The molecule has 3 heterocycles. The standard InChI is InChI=1S/C31H39N3O5S/c1-18(2)14-22(17-35)34-27(29(37)33-21-10-12-23(39-4)13-11-21)31-19(3)15-24(40-31)25(26(31)30(34)38)28(36)32-16-20-8-6-5-7-9-20/h5-13,18-19,22,24-27,35H,14-17H2,1-4H3,(H,32,36)(H,33,37)/t19?,22-,24+,25-,26+,27?,31?/m1/s1. The van der Waals surface area contributed by atoms with Gasteiger partial charge in [-0.25, -0.2) is 0 Å². The van der Waals surface area contributed by atoms with Crippen LogP contribution in [0.25, 0.3) is 0 Å². The summed E-state index contributed by atoms with van der Waals surface area (Å²) < 4.78 is 4.49. The number of amides is 3. The van der Waals surface area contributed by atoms with E-state index in [4.69, 9.17) is 4.74 Å². The fourth-order valence-corrected chi connectivity index (χ4v) is 9.47. The van der Waals surface area contributed by atoms with Crippen LogP contribution in [-0.2, 0) is 20.9 Å². The predicted molar refractivity (Wildman–Crippen MR) is 156 cm³/mol. The number of hydrogen-bond donors (Lipinski definition) is 3. The van der Waals surface area contributed by atoms with Gasteiger partial charge in [-0.3, -0.25) is 14.4 Å². The third-order valence-corrected chi connectivity index (χ3v) is 10.8. The molecule has 2 aromatic carbocycles. The van der Waals surface area contributed by atoms with Gasteiger partial charge in [0.05, 0.1) is 36.3 Å². The first kappa shape index (κ1) is 28.5. The van der Waals surface area contributed by atoms with Crippen LogP contribution in [0.1, 0.15) is 39.2 Å². The summed E-state index contributed by atoms with van der Waals surface area (Å²) in [6.07, 6.45) is 1.32. The summed E-state index contributed by atoms with van der Waals surface area (Å²) >= 11 is 1.64. The average molecular weight is 566 g/mol. The van der Waals surface area contributed by atoms with Gasteiger partial charge in [-0.15, -0.1) is 11.8 Å². The third kappa shape index (κ3) is 4.87. The number of benzene rings is 2. The highest BCUT2D eigenvalue weighted by Crippen LogP contribution is 2.68. The molecule has 214 valence electrons. The molecule has 3 amide bonds. The van der Waals surface area contributed by atoms with Crippen LogP contribution in [-0.4, -0.2) is 63.5 Å². The lowest BCUT2D eigenvalue weighted by molar-refractivity contribution is -0.142. The quantitative estimate of drug-likeness (QED) is 0.406. The van der Waals surface area contributed by atoms with Crippen molar-refractivity contribution in [1.29, 1.82) is 0 Å². The zero-order valence-corrected chi connectivity index (χ0v) is 24.3. The van der Waals surface area contributed by atoms with Crippen molar-refractivity contribution in [2.45, 2.75) is 62.2 Å². The van der Waals surface area contributed by atoms with Crippen molar-refractivity contribution in [3.8, 4) is 5.75 Å². The first-order chi connectivity index (χ1) is 19.2. The minimum absolute atomic E-state index is 0.0455. The number of carbonyl (C=O) groups is 3. The second kappa shape index (κ2) is 11.4. The highest BCUT2D eigenvalue weighted by molar-refractivity contribution is 8.02. The van der Waals surface area contributed by atoms with Crippen molar-refractivity contribution in [1.82, 2.24) is 10.2 Å². The largest absolute Gasteiger partial charge is 0.497 e. The molecule has 7 atom stereocenters. The Bertz CT molecular complexity index is 1240. The minimum atomic E-state index is -0.806. The number of fused-ring (bicyclic) bond motifs is 1. The number of likely N-dealkylation sites (tertiary alicyclic amines) is 1. The van der Waals surface area contributed by atoms with E-state index < -0.39 is 28.7 Å². The Balaban J connectivity index is 1.49. The smallest absolute Gasteiger partial charge is 0.248 e. The molecule has 8 nitrogen and oxygen atoms in total. The number of rotatable bonds is 10. The number of hydrogen-bond acceptors (Lipinski definition) is 6. The number of aliphatic hydroxyl groups excluding tert-OH is 1. The Morgan fingerprint density at radius 3 is 2.45 bits per heavy atom. The number of aliphatic hydroxyl groups is 1. The average Bonchev–Trinajstić information content (AvgIpc) is 3.54. The van der Waals surface area contributed by atoms with Crippen LogP contribution in [0.15, 0.2) is 54.6 Å². The van der Waals surface area contributed by atoms with Crippen LogP contribution in [0.3, 0.4) is 0 Å². The highest BCUT2D eigenvalue weighted by atomic mass is 32.2. The molecule has 2 bridgehead atoms. The molecule has 9 heteroatoms. The molecular weight excluding hydrogens is 526 g/mol. The predicted octanol–water partition coefficient (Wildman–Crippen LogP) is 3.69. The van der Waals surface area contributed by atoms with Gasteiger partial charge in [0.2, 0.25) is 17.7 Å². The van der Waals surface area contributed by atoms with Gasteiger partial charge in [-0.2, -0.15) is 0 Å². The van der Waals surface area contributed by atoms with Crippen LogP contribution in [0.4, 0.5) is 5.69 Å². The highest BCUT2D eigenvalue weighted by Gasteiger charge is 2.76. The van der Waals surface area contributed by atoms with Crippen molar-refractivity contribution in [2.24, 2.45) is 23.7 Å². The lowest BCUT2D eigenvalue weighted by Gasteiger charge is -2.40. The summed E-state index contributed by atoms with van der Waals surface area (Å²) in [5, 5.41) is 16.5. The number of ether oxygens (including phenoxy) is 1. The van der Waals surface area contributed by atoms with E-state index in [1.807, 2.05) is 44.2 Å². The van der Waals surface area contributed by atoms with E-state index in [0.29, 0.717) is 24.4 Å². The van der Waals surface area contributed by atoms with E-state index in [1.165, 1.54) is 0 Å². The van der Waals surface area contributed by atoms with E-state index in [0.717, 1.165) is 12.0 Å².